The van der Waals surface area contributed by atoms with Crippen molar-refractivity contribution in [3.05, 3.63) is 23.4 Å². The van der Waals surface area contributed by atoms with Gasteiger partial charge in [-0.05, 0) is 25.1 Å². The number of hydrogen-bond donors (Lipinski definition) is 1. The van der Waals surface area contributed by atoms with Crippen LogP contribution in [-0.4, -0.2) is 50.4 Å². The number of pyridine rings is 1. The summed E-state index contributed by atoms with van der Waals surface area (Å²) in [6, 6.07) is 3.98. The van der Waals surface area contributed by atoms with Gasteiger partial charge < -0.3 is 15.2 Å². The Hall–Kier alpha value is -1.17. The maximum atomic E-state index is 5.82. The highest BCUT2D eigenvalue weighted by Crippen LogP contribution is 2.28. The fraction of sp³-hybridized carbons (Fsp3) is 0.643. The van der Waals surface area contributed by atoms with E-state index in [-0.39, 0.29) is 0 Å². The van der Waals surface area contributed by atoms with Crippen LogP contribution < -0.4 is 5.73 Å². The Morgan fingerprint density at radius 3 is 3.05 bits per heavy atom. The first kappa shape index (κ1) is 14.2. The first-order valence-electron chi connectivity index (χ1n) is 6.71. The second-order valence-electron chi connectivity index (χ2n) is 5.06. The normalized spacial score (nSPS) is 19.2. The molecule has 2 N–H and O–H groups in total. The van der Waals surface area contributed by atoms with Crippen LogP contribution in [0.1, 0.15) is 23.6 Å². The van der Waals surface area contributed by atoms with E-state index in [9.17, 15) is 0 Å². The maximum Gasteiger partial charge on any atom is 0.123 e. The van der Waals surface area contributed by atoms with Crippen molar-refractivity contribution in [3.63, 3.8) is 0 Å². The summed E-state index contributed by atoms with van der Waals surface area (Å²) in [6.07, 6.45) is 1.07. The third kappa shape index (κ3) is 3.89. The molecular formula is C14H23N3O2. The van der Waals surface area contributed by atoms with E-state index < -0.39 is 0 Å². The van der Waals surface area contributed by atoms with Crippen LogP contribution in [0.3, 0.4) is 0 Å². The molecule has 106 valence electrons. The average Bonchev–Trinajstić information content (AvgIpc) is 2.90. The third-order valence-corrected chi connectivity index (χ3v) is 3.50. The Labute approximate surface area is 114 Å². The van der Waals surface area contributed by atoms with Crippen LogP contribution in [0.2, 0.25) is 0 Å². The van der Waals surface area contributed by atoms with Crippen molar-refractivity contribution in [2.75, 3.05) is 46.3 Å². The van der Waals surface area contributed by atoms with Crippen molar-refractivity contribution in [1.82, 2.24) is 9.88 Å². The topological polar surface area (TPSA) is 60.6 Å². The molecule has 1 unspecified atom stereocenters. The van der Waals surface area contributed by atoms with Crippen LogP contribution >= 0.6 is 0 Å². The lowest BCUT2D eigenvalue weighted by Crippen LogP contribution is -2.24. The predicted octanol–water partition coefficient (Wildman–Crippen LogP) is 1.25. The summed E-state index contributed by atoms with van der Waals surface area (Å²) in [6.45, 7) is 4.03. The lowest BCUT2D eigenvalue weighted by Gasteiger charge is -2.20. The number of hydrogen-bond acceptors (Lipinski definition) is 5. The minimum absolute atomic E-state index is 0.457. The molecule has 1 aromatic rings. The highest BCUT2D eigenvalue weighted by Gasteiger charge is 2.21. The SMILES string of the molecule is COCCN(C)Cc1nc(N)ccc1C1CCOC1. The highest BCUT2D eigenvalue weighted by atomic mass is 16.5. The predicted molar refractivity (Wildman–Crippen MR) is 75.0 cm³/mol. The van der Waals surface area contributed by atoms with E-state index in [0.29, 0.717) is 11.7 Å². The van der Waals surface area contributed by atoms with Crippen LogP contribution in [0, 0.1) is 0 Å². The molecule has 1 saturated heterocycles. The number of methoxy groups -OCH3 is 1. The summed E-state index contributed by atoms with van der Waals surface area (Å²) in [5.74, 6) is 1.04. The molecule has 1 aliphatic rings. The summed E-state index contributed by atoms with van der Waals surface area (Å²) in [5, 5.41) is 0. The molecule has 0 aromatic carbocycles. The molecule has 0 aliphatic carbocycles. The van der Waals surface area contributed by atoms with Gasteiger partial charge in [-0.15, -0.1) is 0 Å². The molecule has 2 heterocycles. The molecule has 0 radical (unpaired) electrons. The largest absolute Gasteiger partial charge is 0.384 e. The van der Waals surface area contributed by atoms with Gasteiger partial charge in [0.25, 0.3) is 0 Å². The average molecular weight is 265 g/mol. The zero-order chi connectivity index (χ0) is 13.7. The summed E-state index contributed by atoms with van der Waals surface area (Å²) < 4.78 is 10.6. The number of likely N-dealkylation sites (N-methyl/N-ethyl adjacent to an activating group) is 1. The Bertz CT molecular complexity index is 406. The summed E-state index contributed by atoms with van der Waals surface area (Å²) in [7, 11) is 3.78. The number of nitrogens with two attached hydrogens (primary N) is 1. The second kappa shape index (κ2) is 6.84. The number of ether oxygens (including phenoxy) is 2. The van der Waals surface area contributed by atoms with Crippen molar-refractivity contribution in [2.24, 2.45) is 0 Å². The standard InChI is InChI=1S/C14H23N3O2/c1-17(6-8-18-2)9-13-12(3-4-14(15)16-13)11-5-7-19-10-11/h3-4,11H,5-10H2,1-2H3,(H2,15,16). The first-order valence-corrected chi connectivity index (χ1v) is 6.71. The van der Waals surface area contributed by atoms with E-state index in [0.717, 1.165) is 45.0 Å². The number of aromatic nitrogens is 1. The van der Waals surface area contributed by atoms with Crippen molar-refractivity contribution in [3.8, 4) is 0 Å². The quantitative estimate of drug-likeness (QED) is 0.838. The van der Waals surface area contributed by atoms with Gasteiger partial charge in [-0.2, -0.15) is 0 Å². The molecule has 1 aliphatic heterocycles. The molecule has 0 amide bonds. The van der Waals surface area contributed by atoms with Gasteiger partial charge in [0.05, 0.1) is 18.9 Å². The van der Waals surface area contributed by atoms with E-state index in [4.69, 9.17) is 15.2 Å². The molecule has 0 spiro atoms. The Morgan fingerprint density at radius 2 is 2.37 bits per heavy atom. The number of rotatable bonds is 6. The second-order valence-corrected chi connectivity index (χ2v) is 5.06. The molecule has 19 heavy (non-hydrogen) atoms. The molecule has 1 atom stereocenters. The van der Waals surface area contributed by atoms with Crippen molar-refractivity contribution < 1.29 is 9.47 Å². The zero-order valence-corrected chi connectivity index (χ0v) is 11.8. The fourth-order valence-corrected chi connectivity index (χ4v) is 2.39. The van der Waals surface area contributed by atoms with E-state index in [1.165, 1.54) is 5.56 Å². The summed E-state index contributed by atoms with van der Waals surface area (Å²) >= 11 is 0. The number of anilines is 1. The van der Waals surface area contributed by atoms with Crippen molar-refractivity contribution >= 4 is 5.82 Å². The lowest BCUT2D eigenvalue weighted by atomic mass is 9.96. The van der Waals surface area contributed by atoms with Gasteiger partial charge in [0.1, 0.15) is 5.82 Å². The van der Waals surface area contributed by atoms with Crippen molar-refractivity contribution in [1.29, 1.82) is 0 Å². The third-order valence-electron chi connectivity index (χ3n) is 3.50. The van der Waals surface area contributed by atoms with Crippen molar-refractivity contribution in [2.45, 2.75) is 18.9 Å². The van der Waals surface area contributed by atoms with E-state index in [1.54, 1.807) is 7.11 Å². The molecule has 2 rings (SSSR count). The molecule has 5 heteroatoms. The molecule has 1 fully saturated rings. The monoisotopic (exact) mass is 265 g/mol. The van der Waals surface area contributed by atoms with Gasteiger partial charge in [0, 0.05) is 32.7 Å². The van der Waals surface area contributed by atoms with Gasteiger partial charge in [-0.3, -0.25) is 4.90 Å². The molecule has 5 nitrogen and oxygen atoms in total. The van der Waals surface area contributed by atoms with Crippen LogP contribution in [0.25, 0.3) is 0 Å². The van der Waals surface area contributed by atoms with E-state index in [2.05, 4.69) is 23.0 Å². The Morgan fingerprint density at radius 1 is 1.53 bits per heavy atom. The summed E-state index contributed by atoms with van der Waals surface area (Å²) in [5.41, 5.74) is 8.15. The van der Waals surface area contributed by atoms with Gasteiger partial charge in [-0.1, -0.05) is 6.07 Å². The number of nitrogen functional groups attached to an aromatic ring is 1. The zero-order valence-electron chi connectivity index (χ0n) is 11.8. The minimum Gasteiger partial charge on any atom is -0.384 e. The van der Waals surface area contributed by atoms with Gasteiger partial charge in [-0.25, -0.2) is 4.98 Å². The molecule has 0 bridgehead atoms. The lowest BCUT2D eigenvalue weighted by molar-refractivity contribution is 0.157. The van der Waals surface area contributed by atoms with Gasteiger partial charge in [0.15, 0.2) is 0 Å². The Balaban J connectivity index is 2.10. The minimum atomic E-state index is 0.457. The van der Waals surface area contributed by atoms with Gasteiger partial charge in [0.2, 0.25) is 0 Å². The molecule has 1 aromatic heterocycles. The van der Waals surface area contributed by atoms with Crippen LogP contribution in [-0.2, 0) is 16.0 Å². The van der Waals surface area contributed by atoms with E-state index in [1.807, 2.05) is 6.07 Å². The highest BCUT2D eigenvalue weighted by molar-refractivity contribution is 5.36. The van der Waals surface area contributed by atoms with Crippen LogP contribution in [0.15, 0.2) is 12.1 Å². The number of nitrogens with zero attached hydrogens (tertiary/aromatic N) is 2. The molecular weight excluding hydrogens is 242 g/mol. The van der Waals surface area contributed by atoms with Crippen LogP contribution in [0.5, 0.6) is 0 Å². The van der Waals surface area contributed by atoms with E-state index >= 15 is 0 Å². The Kier molecular flexibility index (Phi) is 5.13. The van der Waals surface area contributed by atoms with Gasteiger partial charge >= 0.3 is 0 Å². The maximum absolute atomic E-state index is 5.82. The smallest absolute Gasteiger partial charge is 0.123 e. The first-order chi connectivity index (χ1) is 9.20. The molecule has 0 saturated carbocycles. The van der Waals surface area contributed by atoms with Crippen LogP contribution in [0.4, 0.5) is 5.82 Å². The summed E-state index contributed by atoms with van der Waals surface area (Å²) in [4.78, 5) is 6.70. The fourth-order valence-electron chi connectivity index (χ4n) is 2.39.